The molecule has 3 aromatic rings. The Balaban J connectivity index is 1.26. The van der Waals surface area contributed by atoms with Crippen LogP contribution >= 0.6 is 0 Å². The van der Waals surface area contributed by atoms with Gasteiger partial charge in [0, 0.05) is 67.7 Å². The first kappa shape index (κ1) is 22.4. The van der Waals surface area contributed by atoms with Crippen molar-refractivity contribution < 1.29 is 0 Å². The number of benzene rings is 1. The minimum Gasteiger partial charge on any atom is -0.298 e. The first-order valence-electron chi connectivity index (χ1n) is 12.4. The van der Waals surface area contributed by atoms with Crippen molar-refractivity contribution in [2.24, 2.45) is 17.6 Å². The molecule has 1 saturated heterocycles. The molecule has 0 spiro atoms. The van der Waals surface area contributed by atoms with Gasteiger partial charge in [0.15, 0.2) is 0 Å². The van der Waals surface area contributed by atoms with Crippen LogP contribution in [-0.2, 0) is 13.6 Å². The summed E-state index contributed by atoms with van der Waals surface area (Å²) in [5.41, 5.74) is 5.88. The van der Waals surface area contributed by atoms with Gasteiger partial charge in [-0.05, 0) is 48.7 Å². The maximum absolute atomic E-state index is 9.98. The van der Waals surface area contributed by atoms with Crippen molar-refractivity contribution in [3.05, 3.63) is 95.7 Å². The average molecular weight is 476 g/mol. The molecule has 36 heavy (non-hydrogen) atoms. The van der Waals surface area contributed by atoms with Crippen molar-refractivity contribution in [1.82, 2.24) is 24.7 Å². The standard InChI is InChI=1S/C29H29N7/c1-29(19-30)20-33-36-18-24(25-14-32-34(2)16-25)12-26(28(29)36)22-8-9-27(31-13-22)23-10-11-35(17-23)15-21-6-4-3-5-7-21/h3-9,12-14,16,18,20,23,28H,10-11,15,17H2,1-2H3. The van der Waals surface area contributed by atoms with Crippen LogP contribution in [0.1, 0.15) is 41.6 Å². The van der Waals surface area contributed by atoms with E-state index in [9.17, 15) is 5.26 Å². The van der Waals surface area contributed by atoms with Crippen LogP contribution in [0.25, 0.3) is 11.1 Å². The number of pyridine rings is 1. The third-order valence-corrected chi connectivity index (χ3v) is 7.51. The van der Waals surface area contributed by atoms with E-state index in [4.69, 9.17) is 4.98 Å². The summed E-state index contributed by atoms with van der Waals surface area (Å²) in [5, 5.41) is 20.8. The minimum atomic E-state index is -0.717. The van der Waals surface area contributed by atoms with Crippen molar-refractivity contribution in [3.63, 3.8) is 0 Å². The summed E-state index contributed by atoms with van der Waals surface area (Å²) in [5.74, 6) is 0.435. The lowest BCUT2D eigenvalue weighted by atomic mass is 9.77. The van der Waals surface area contributed by atoms with Crippen molar-refractivity contribution in [3.8, 4) is 6.07 Å². The van der Waals surface area contributed by atoms with Crippen LogP contribution < -0.4 is 0 Å². The van der Waals surface area contributed by atoms with Gasteiger partial charge in [-0.15, -0.1) is 0 Å². The fourth-order valence-electron chi connectivity index (χ4n) is 5.53. The molecule has 180 valence electrons. The van der Waals surface area contributed by atoms with E-state index in [2.05, 4.69) is 69.7 Å². The first-order chi connectivity index (χ1) is 17.5. The molecule has 0 radical (unpaired) electrons. The van der Waals surface area contributed by atoms with Gasteiger partial charge in [-0.2, -0.15) is 15.5 Å². The van der Waals surface area contributed by atoms with Crippen LogP contribution in [0.15, 0.2) is 78.4 Å². The van der Waals surface area contributed by atoms with Gasteiger partial charge in [0.1, 0.15) is 11.5 Å². The molecule has 0 aliphatic carbocycles. The normalized spacial score (nSPS) is 25.4. The second kappa shape index (κ2) is 8.89. The SMILES string of the molecule is Cn1cc(C2=CN3N=CC(C)(C#N)C3C(c3ccc(C4CCN(Cc5ccccc5)C4)nc3)=C2)cn1. The number of allylic oxidation sites excluding steroid dienone is 2. The van der Waals surface area contributed by atoms with Crippen LogP contribution in [0.3, 0.4) is 0 Å². The van der Waals surface area contributed by atoms with Crippen LogP contribution in [0.5, 0.6) is 0 Å². The number of aromatic nitrogens is 3. The molecule has 3 unspecified atom stereocenters. The second-order valence-electron chi connectivity index (χ2n) is 10.2. The first-order valence-corrected chi connectivity index (χ1v) is 12.4. The van der Waals surface area contributed by atoms with E-state index in [1.807, 2.05) is 43.8 Å². The number of hydrogen-bond donors (Lipinski definition) is 0. The molecule has 5 heterocycles. The highest BCUT2D eigenvalue weighted by molar-refractivity contribution is 5.91. The Hall–Kier alpha value is -4.02. The highest BCUT2D eigenvalue weighted by Gasteiger charge is 2.45. The lowest BCUT2D eigenvalue weighted by molar-refractivity contribution is 0.310. The highest BCUT2D eigenvalue weighted by Crippen LogP contribution is 2.43. The fourth-order valence-corrected chi connectivity index (χ4v) is 5.53. The highest BCUT2D eigenvalue weighted by atomic mass is 15.5. The summed E-state index contributed by atoms with van der Waals surface area (Å²) in [4.78, 5) is 7.43. The molecule has 0 amide bonds. The van der Waals surface area contributed by atoms with Crippen LogP contribution in [0, 0.1) is 16.7 Å². The molecular weight excluding hydrogens is 446 g/mol. The Kier molecular flexibility index (Phi) is 5.54. The van der Waals surface area contributed by atoms with Gasteiger partial charge in [-0.3, -0.25) is 19.6 Å². The molecule has 3 atom stereocenters. The Bertz CT molecular complexity index is 1390. The third kappa shape index (κ3) is 4.04. The van der Waals surface area contributed by atoms with Crippen LogP contribution in [0.2, 0.25) is 0 Å². The number of aryl methyl sites for hydroxylation is 1. The summed E-state index contributed by atoms with van der Waals surface area (Å²) in [6.45, 7) is 5.03. The predicted molar refractivity (Wildman–Crippen MR) is 140 cm³/mol. The summed E-state index contributed by atoms with van der Waals surface area (Å²) in [6.07, 6.45) is 12.9. The van der Waals surface area contributed by atoms with Gasteiger partial charge in [0.2, 0.25) is 0 Å². The smallest absolute Gasteiger partial charge is 0.118 e. The maximum atomic E-state index is 9.98. The molecule has 2 aromatic heterocycles. The van der Waals surface area contributed by atoms with E-state index in [1.54, 1.807) is 10.9 Å². The van der Waals surface area contributed by atoms with Gasteiger partial charge < -0.3 is 0 Å². The molecule has 0 saturated carbocycles. The van der Waals surface area contributed by atoms with Gasteiger partial charge >= 0.3 is 0 Å². The number of hydrogen-bond acceptors (Lipinski definition) is 6. The average Bonchev–Trinajstić information content (AvgIpc) is 3.64. The van der Waals surface area contributed by atoms with Gasteiger partial charge in [0.05, 0.1) is 12.3 Å². The summed E-state index contributed by atoms with van der Waals surface area (Å²) in [7, 11) is 1.91. The second-order valence-corrected chi connectivity index (χ2v) is 10.2. The van der Waals surface area contributed by atoms with E-state index in [1.165, 1.54) is 5.56 Å². The number of nitrogens with zero attached hydrogens (tertiary/aromatic N) is 7. The quantitative estimate of drug-likeness (QED) is 0.545. The lowest BCUT2D eigenvalue weighted by Gasteiger charge is -2.34. The van der Waals surface area contributed by atoms with Crippen LogP contribution in [-0.4, -0.2) is 50.0 Å². The number of fused-ring (bicyclic) bond motifs is 1. The fraction of sp³-hybridized carbons (Fsp3) is 0.310. The molecular formula is C29H29N7. The van der Waals surface area contributed by atoms with E-state index in [0.717, 1.165) is 54.0 Å². The molecule has 1 fully saturated rings. The number of likely N-dealkylation sites (tertiary alicyclic amines) is 1. The van der Waals surface area contributed by atoms with E-state index >= 15 is 0 Å². The number of nitriles is 1. The predicted octanol–water partition coefficient (Wildman–Crippen LogP) is 4.44. The molecule has 7 heteroatoms. The lowest BCUT2D eigenvalue weighted by Crippen LogP contribution is -2.38. The summed E-state index contributed by atoms with van der Waals surface area (Å²) >= 11 is 0. The molecule has 7 nitrogen and oxygen atoms in total. The zero-order chi connectivity index (χ0) is 24.7. The Morgan fingerprint density at radius 1 is 1.11 bits per heavy atom. The molecule has 3 aliphatic heterocycles. The van der Waals surface area contributed by atoms with Gasteiger partial charge in [-0.25, -0.2) is 0 Å². The monoisotopic (exact) mass is 475 g/mol. The third-order valence-electron chi connectivity index (χ3n) is 7.51. The van der Waals surface area contributed by atoms with E-state index in [0.29, 0.717) is 5.92 Å². The maximum Gasteiger partial charge on any atom is 0.118 e. The van der Waals surface area contributed by atoms with E-state index in [-0.39, 0.29) is 6.04 Å². The zero-order valence-electron chi connectivity index (χ0n) is 20.6. The Morgan fingerprint density at radius 3 is 2.69 bits per heavy atom. The number of hydrazone groups is 1. The molecule has 3 aliphatic rings. The summed E-state index contributed by atoms with van der Waals surface area (Å²) < 4.78 is 1.79. The summed E-state index contributed by atoms with van der Waals surface area (Å²) in [6, 6.07) is 17.3. The van der Waals surface area contributed by atoms with E-state index < -0.39 is 5.41 Å². The molecule has 1 aromatic carbocycles. The van der Waals surface area contributed by atoms with Crippen molar-refractivity contribution in [2.45, 2.75) is 31.8 Å². The minimum absolute atomic E-state index is 0.191. The zero-order valence-corrected chi connectivity index (χ0v) is 20.6. The van der Waals surface area contributed by atoms with Crippen LogP contribution in [0.4, 0.5) is 0 Å². The molecule has 0 N–H and O–H groups in total. The Labute approximate surface area is 211 Å². The Morgan fingerprint density at radius 2 is 1.97 bits per heavy atom. The number of rotatable bonds is 5. The van der Waals surface area contributed by atoms with Gasteiger partial charge in [0.25, 0.3) is 0 Å². The van der Waals surface area contributed by atoms with Crippen molar-refractivity contribution >= 4 is 17.4 Å². The van der Waals surface area contributed by atoms with Crippen molar-refractivity contribution in [2.75, 3.05) is 13.1 Å². The molecule has 6 rings (SSSR count). The largest absolute Gasteiger partial charge is 0.298 e. The van der Waals surface area contributed by atoms with Crippen molar-refractivity contribution in [1.29, 1.82) is 5.26 Å². The van der Waals surface area contributed by atoms with Gasteiger partial charge in [-0.1, -0.05) is 36.4 Å². The topological polar surface area (TPSA) is 73.3 Å². The molecule has 0 bridgehead atoms.